The summed E-state index contributed by atoms with van der Waals surface area (Å²) in [7, 11) is 0. The summed E-state index contributed by atoms with van der Waals surface area (Å²) in [4.78, 5) is 3.60. The van der Waals surface area contributed by atoms with Gasteiger partial charge in [0.25, 0.3) is 0 Å². The van der Waals surface area contributed by atoms with Crippen LogP contribution in [0.25, 0.3) is 10.4 Å². The average Bonchev–Trinajstić information content (AvgIpc) is 3.20. The summed E-state index contributed by atoms with van der Waals surface area (Å²) in [6.45, 7) is 4.24. The van der Waals surface area contributed by atoms with Crippen LogP contribution in [-0.2, 0) is 0 Å². The molecule has 0 amide bonds. The lowest BCUT2D eigenvalue weighted by Crippen LogP contribution is -2.09. The Balaban J connectivity index is 1.77. The first-order valence-corrected chi connectivity index (χ1v) is 9.66. The van der Waals surface area contributed by atoms with Crippen LogP contribution in [0.4, 0.5) is 17.1 Å². The molecule has 2 heteroatoms. The smallest absolute Gasteiger partial charge is 0.0462 e. The van der Waals surface area contributed by atoms with Crippen molar-refractivity contribution in [2.24, 2.45) is 0 Å². The molecule has 3 aromatic carbocycles. The van der Waals surface area contributed by atoms with Gasteiger partial charge < -0.3 is 4.90 Å². The molecule has 1 nitrogen and oxygen atoms in total. The van der Waals surface area contributed by atoms with Gasteiger partial charge in [0.15, 0.2) is 0 Å². The SMILES string of the molecule is Cc1ccc(N(c2ccc(C)cc2)c2ccc(-c3cccs3)cc2)cc1. The van der Waals surface area contributed by atoms with E-state index < -0.39 is 0 Å². The molecule has 0 aliphatic rings. The molecule has 4 aromatic rings. The van der Waals surface area contributed by atoms with E-state index in [1.54, 1.807) is 11.3 Å². The van der Waals surface area contributed by atoms with Crippen LogP contribution < -0.4 is 4.90 Å². The predicted molar refractivity (Wildman–Crippen MR) is 114 cm³/mol. The first-order chi connectivity index (χ1) is 12.7. The summed E-state index contributed by atoms with van der Waals surface area (Å²) in [5.74, 6) is 0. The third kappa shape index (κ3) is 3.42. The van der Waals surface area contributed by atoms with Crippen LogP contribution in [0, 0.1) is 13.8 Å². The van der Waals surface area contributed by atoms with Gasteiger partial charge in [-0.15, -0.1) is 11.3 Å². The molecule has 1 heterocycles. The lowest BCUT2D eigenvalue weighted by Gasteiger charge is -2.26. The molecule has 0 aliphatic carbocycles. The maximum Gasteiger partial charge on any atom is 0.0462 e. The van der Waals surface area contributed by atoms with Gasteiger partial charge in [0.1, 0.15) is 0 Å². The molecule has 128 valence electrons. The minimum absolute atomic E-state index is 1.16. The largest absolute Gasteiger partial charge is 0.311 e. The molecule has 0 N–H and O–H groups in total. The van der Waals surface area contributed by atoms with Gasteiger partial charge in [0.05, 0.1) is 0 Å². The molecular formula is C24H21NS. The van der Waals surface area contributed by atoms with Gasteiger partial charge in [-0.3, -0.25) is 0 Å². The van der Waals surface area contributed by atoms with Crippen molar-refractivity contribution in [3.63, 3.8) is 0 Å². The number of nitrogens with zero attached hydrogens (tertiary/aromatic N) is 1. The molecular weight excluding hydrogens is 334 g/mol. The van der Waals surface area contributed by atoms with E-state index >= 15 is 0 Å². The predicted octanol–water partition coefficient (Wildman–Crippen LogP) is 7.50. The Kier molecular flexibility index (Phi) is 4.59. The fraction of sp³-hybridized carbons (Fsp3) is 0.0833. The highest BCUT2D eigenvalue weighted by atomic mass is 32.1. The van der Waals surface area contributed by atoms with Crippen molar-refractivity contribution in [1.82, 2.24) is 0 Å². The van der Waals surface area contributed by atoms with Crippen molar-refractivity contribution in [1.29, 1.82) is 0 Å². The van der Waals surface area contributed by atoms with Crippen LogP contribution >= 0.6 is 11.3 Å². The van der Waals surface area contributed by atoms with Gasteiger partial charge in [-0.1, -0.05) is 53.6 Å². The summed E-state index contributed by atoms with van der Waals surface area (Å²) in [5.41, 5.74) is 7.30. The molecule has 0 spiro atoms. The first kappa shape index (κ1) is 16.6. The van der Waals surface area contributed by atoms with Gasteiger partial charge in [0.2, 0.25) is 0 Å². The standard InChI is InChI=1S/C24H21NS/c1-18-5-11-21(12-6-18)25(22-13-7-19(2)8-14-22)23-15-9-20(10-16-23)24-4-3-17-26-24/h3-17H,1-2H3. The summed E-state index contributed by atoms with van der Waals surface area (Å²) < 4.78 is 0. The fourth-order valence-corrected chi connectivity index (χ4v) is 3.79. The van der Waals surface area contributed by atoms with Gasteiger partial charge in [0, 0.05) is 21.9 Å². The minimum Gasteiger partial charge on any atom is -0.311 e. The highest BCUT2D eigenvalue weighted by Crippen LogP contribution is 2.36. The Morgan fingerprint density at radius 3 is 1.46 bits per heavy atom. The second kappa shape index (κ2) is 7.19. The van der Waals surface area contributed by atoms with Gasteiger partial charge >= 0.3 is 0 Å². The van der Waals surface area contributed by atoms with E-state index in [4.69, 9.17) is 0 Å². The van der Waals surface area contributed by atoms with Crippen LogP contribution in [-0.4, -0.2) is 0 Å². The van der Waals surface area contributed by atoms with E-state index in [9.17, 15) is 0 Å². The molecule has 0 aliphatic heterocycles. The monoisotopic (exact) mass is 355 g/mol. The van der Waals surface area contributed by atoms with Gasteiger partial charge in [-0.05, 0) is 67.3 Å². The Hall–Kier alpha value is -2.84. The van der Waals surface area contributed by atoms with Crippen LogP contribution in [0.1, 0.15) is 11.1 Å². The van der Waals surface area contributed by atoms with Crippen molar-refractivity contribution >= 4 is 28.4 Å². The second-order valence-electron chi connectivity index (χ2n) is 6.53. The number of thiophene rings is 1. The lowest BCUT2D eigenvalue weighted by atomic mass is 10.1. The molecule has 0 radical (unpaired) electrons. The molecule has 1 aromatic heterocycles. The van der Waals surface area contributed by atoms with E-state index in [0.29, 0.717) is 0 Å². The molecule has 0 fully saturated rings. The van der Waals surface area contributed by atoms with Crippen LogP contribution in [0.15, 0.2) is 90.3 Å². The van der Waals surface area contributed by atoms with E-state index in [0.717, 1.165) is 5.69 Å². The molecule has 0 unspecified atom stereocenters. The normalized spacial score (nSPS) is 10.7. The van der Waals surface area contributed by atoms with Crippen molar-refractivity contribution in [2.45, 2.75) is 13.8 Å². The number of rotatable bonds is 4. The van der Waals surface area contributed by atoms with Crippen molar-refractivity contribution < 1.29 is 0 Å². The average molecular weight is 356 g/mol. The topological polar surface area (TPSA) is 3.24 Å². The number of anilines is 3. The quantitative estimate of drug-likeness (QED) is 0.366. The Bertz CT molecular complexity index is 921. The van der Waals surface area contributed by atoms with Crippen LogP contribution in [0.5, 0.6) is 0 Å². The summed E-state index contributed by atoms with van der Waals surface area (Å²) >= 11 is 1.77. The fourth-order valence-electron chi connectivity index (χ4n) is 3.05. The summed E-state index contributed by atoms with van der Waals surface area (Å²) in [6, 6.07) is 30.5. The molecule has 0 bridgehead atoms. The molecule has 0 atom stereocenters. The third-order valence-corrected chi connectivity index (χ3v) is 5.43. The third-order valence-electron chi connectivity index (χ3n) is 4.52. The van der Waals surface area contributed by atoms with Gasteiger partial charge in [-0.25, -0.2) is 0 Å². The summed E-state index contributed by atoms with van der Waals surface area (Å²) in [6.07, 6.45) is 0. The molecule has 4 rings (SSSR count). The number of benzene rings is 3. The van der Waals surface area contributed by atoms with Crippen LogP contribution in [0.2, 0.25) is 0 Å². The van der Waals surface area contributed by atoms with E-state index in [1.807, 2.05) is 0 Å². The Morgan fingerprint density at radius 1 is 0.577 bits per heavy atom. The minimum atomic E-state index is 1.16. The number of hydrogen-bond donors (Lipinski definition) is 0. The Labute approximate surface area is 159 Å². The van der Waals surface area contributed by atoms with E-state index in [-0.39, 0.29) is 0 Å². The second-order valence-corrected chi connectivity index (χ2v) is 7.48. The van der Waals surface area contributed by atoms with Crippen molar-refractivity contribution in [2.75, 3.05) is 4.90 Å². The highest BCUT2D eigenvalue weighted by molar-refractivity contribution is 7.13. The summed E-state index contributed by atoms with van der Waals surface area (Å²) in [5, 5.41) is 2.12. The van der Waals surface area contributed by atoms with Gasteiger partial charge in [-0.2, -0.15) is 0 Å². The van der Waals surface area contributed by atoms with Crippen molar-refractivity contribution in [3.05, 3.63) is 101 Å². The van der Waals surface area contributed by atoms with E-state index in [1.165, 1.54) is 32.9 Å². The zero-order chi connectivity index (χ0) is 17.9. The maximum atomic E-state index is 2.30. The Morgan fingerprint density at radius 2 is 1.04 bits per heavy atom. The number of hydrogen-bond acceptors (Lipinski definition) is 2. The molecule has 0 saturated carbocycles. The van der Waals surface area contributed by atoms with Crippen molar-refractivity contribution in [3.8, 4) is 10.4 Å². The molecule has 26 heavy (non-hydrogen) atoms. The lowest BCUT2D eigenvalue weighted by molar-refractivity contribution is 1.27. The zero-order valence-corrected chi connectivity index (χ0v) is 15.8. The molecule has 0 saturated heterocycles. The highest BCUT2D eigenvalue weighted by Gasteiger charge is 2.12. The zero-order valence-electron chi connectivity index (χ0n) is 15.0. The van der Waals surface area contributed by atoms with E-state index in [2.05, 4.69) is 109 Å². The number of aryl methyl sites for hydroxylation is 2. The first-order valence-electron chi connectivity index (χ1n) is 8.78. The van der Waals surface area contributed by atoms with Crippen LogP contribution in [0.3, 0.4) is 0 Å². The maximum absolute atomic E-state index is 2.30.